The third kappa shape index (κ3) is 3.99. The second-order valence-corrected chi connectivity index (χ2v) is 11.9. The molecule has 1 fully saturated rings. The molecule has 7 aromatic rings. The maximum atomic E-state index is 6.56. The minimum absolute atomic E-state index is 0.732. The summed E-state index contributed by atoms with van der Waals surface area (Å²) in [7, 11) is 2.16. The average molecular weight is 548 g/mol. The Morgan fingerprint density at radius 1 is 0.690 bits per heavy atom. The van der Waals surface area contributed by atoms with Crippen molar-refractivity contribution < 1.29 is 8.98 Å². The van der Waals surface area contributed by atoms with Crippen LogP contribution in [0.1, 0.15) is 49.1 Å². The van der Waals surface area contributed by atoms with Gasteiger partial charge in [0.2, 0.25) is 0 Å². The van der Waals surface area contributed by atoms with Crippen molar-refractivity contribution >= 4 is 33.0 Å². The van der Waals surface area contributed by atoms with Crippen molar-refractivity contribution in [2.24, 2.45) is 7.05 Å². The minimum atomic E-state index is 0.732. The van der Waals surface area contributed by atoms with E-state index in [1.54, 1.807) is 0 Å². The van der Waals surface area contributed by atoms with Gasteiger partial charge in [-0.25, -0.2) is 4.57 Å². The Labute approximate surface area is 246 Å². The Balaban J connectivity index is 1.26. The van der Waals surface area contributed by atoms with E-state index in [-0.39, 0.29) is 0 Å². The van der Waals surface area contributed by atoms with Crippen LogP contribution in [0.3, 0.4) is 0 Å². The maximum Gasteiger partial charge on any atom is 0.298 e. The quantitative estimate of drug-likeness (QED) is 0.201. The number of aromatic nitrogens is 2. The lowest BCUT2D eigenvalue weighted by molar-refractivity contribution is -0.633. The molecular weight excluding hydrogens is 512 g/mol. The molecule has 0 unspecified atom stereocenters. The standard InChI is InChI=1S/C39H35N2O/c1-26-16-25-33-32-12-6-9-15-36(32)42-38(33)37(26)39-40(2)34-13-7-8-14-35(34)41(39)31-23-21-30(22-24-31)29-19-17-28(18-20-29)27-10-4-3-5-11-27/h6-9,12-25,27H,3-5,10-11H2,1-2H3/q+1. The van der Waals surface area contributed by atoms with Crippen LogP contribution in [-0.2, 0) is 7.05 Å². The fourth-order valence-electron chi connectivity index (χ4n) is 7.21. The fraction of sp³-hybridized carbons (Fsp3) is 0.205. The van der Waals surface area contributed by atoms with Gasteiger partial charge in [0.15, 0.2) is 16.6 Å². The Kier molecular flexibility index (Phi) is 5.99. The monoisotopic (exact) mass is 547 g/mol. The normalized spacial score (nSPS) is 14.3. The van der Waals surface area contributed by atoms with Gasteiger partial charge in [0.1, 0.15) is 16.8 Å². The SMILES string of the molecule is Cc1ccc2c(oc3ccccc32)c1-c1n(-c2ccc(-c3ccc(C4CCCCC4)cc3)cc2)c2ccccc2[n+]1C. The number of fused-ring (bicyclic) bond motifs is 4. The number of imidazole rings is 1. The van der Waals surface area contributed by atoms with E-state index in [9.17, 15) is 0 Å². The predicted octanol–water partition coefficient (Wildman–Crippen LogP) is 10.0. The fourth-order valence-corrected chi connectivity index (χ4v) is 7.21. The summed E-state index contributed by atoms with van der Waals surface area (Å²) in [6.07, 6.45) is 6.79. The van der Waals surface area contributed by atoms with E-state index < -0.39 is 0 Å². The van der Waals surface area contributed by atoms with Gasteiger partial charge in [-0.1, -0.05) is 98.1 Å². The van der Waals surface area contributed by atoms with Gasteiger partial charge in [0.25, 0.3) is 5.82 Å². The van der Waals surface area contributed by atoms with Gasteiger partial charge < -0.3 is 4.42 Å². The molecule has 0 N–H and O–H groups in total. The van der Waals surface area contributed by atoms with Gasteiger partial charge in [0, 0.05) is 10.8 Å². The van der Waals surface area contributed by atoms with Crippen molar-refractivity contribution in [3.8, 4) is 28.2 Å². The molecule has 1 aliphatic carbocycles. The molecule has 42 heavy (non-hydrogen) atoms. The van der Waals surface area contributed by atoms with Crippen molar-refractivity contribution in [2.45, 2.75) is 44.9 Å². The third-order valence-corrected chi connectivity index (χ3v) is 9.44. The number of furan rings is 1. The highest BCUT2D eigenvalue weighted by Gasteiger charge is 2.30. The van der Waals surface area contributed by atoms with E-state index in [4.69, 9.17) is 4.42 Å². The van der Waals surface area contributed by atoms with E-state index in [1.807, 2.05) is 6.07 Å². The highest BCUT2D eigenvalue weighted by atomic mass is 16.3. The highest BCUT2D eigenvalue weighted by molar-refractivity contribution is 6.09. The number of hydrogen-bond donors (Lipinski definition) is 0. The molecule has 0 amide bonds. The predicted molar refractivity (Wildman–Crippen MR) is 173 cm³/mol. The summed E-state index contributed by atoms with van der Waals surface area (Å²) in [6.45, 7) is 2.18. The smallest absolute Gasteiger partial charge is 0.298 e. The molecule has 3 nitrogen and oxygen atoms in total. The molecule has 206 valence electrons. The molecule has 0 radical (unpaired) electrons. The van der Waals surface area contributed by atoms with Crippen LogP contribution in [0, 0.1) is 6.92 Å². The molecule has 2 aromatic heterocycles. The van der Waals surface area contributed by atoms with Crippen LogP contribution in [0.25, 0.3) is 61.2 Å². The average Bonchev–Trinajstić information content (AvgIpc) is 3.57. The minimum Gasteiger partial charge on any atom is -0.455 e. The summed E-state index contributed by atoms with van der Waals surface area (Å²) >= 11 is 0. The van der Waals surface area contributed by atoms with E-state index in [0.29, 0.717) is 0 Å². The number of benzene rings is 5. The molecule has 0 spiro atoms. The van der Waals surface area contributed by atoms with Crippen molar-refractivity contribution in [3.63, 3.8) is 0 Å². The van der Waals surface area contributed by atoms with Gasteiger partial charge in [-0.2, -0.15) is 4.57 Å². The number of nitrogens with zero attached hydrogens (tertiary/aromatic N) is 2. The van der Waals surface area contributed by atoms with Crippen LogP contribution < -0.4 is 4.57 Å². The van der Waals surface area contributed by atoms with E-state index in [2.05, 4.69) is 126 Å². The van der Waals surface area contributed by atoms with Gasteiger partial charge in [0.05, 0.1) is 7.05 Å². The van der Waals surface area contributed by atoms with Crippen LogP contribution in [0.2, 0.25) is 0 Å². The van der Waals surface area contributed by atoms with Gasteiger partial charge in [-0.3, -0.25) is 0 Å². The van der Waals surface area contributed by atoms with Crippen LogP contribution >= 0.6 is 0 Å². The van der Waals surface area contributed by atoms with Gasteiger partial charge >= 0.3 is 0 Å². The first-order chi connectivity index (χ1) is 20.7. The molecule has 0 saturated heterocycles. The first-order valence-corrected chi connectivity index (χ1v) is 15.3. The van der Waals surface area contributed by atoms with Gasteiger partial charge in [-0.15, -0.1) is 0 Å². The summed E-state index contributed by atoms with van der Waals surface area (Å²) in [5.74, 6) is 1.85. The lowest BCUT2D eigenvalue weighted by Gasteiger charge is -2.22. The van der Waals surface area contributed by atoms with Crippen molar-refractivity contribution in [2.75, 3.05) is 0 Å². The molecule has 5 aromatic carbocycles. The molecule has 0 aliphatic heterocycles. The molecule has 0 atom stereocenters. The Morgan fingerprint density at radius 2 is 1.38 bits per heavy atom. The zero-order chi connectivity index (χ0) is 28.2. The van der Waals surface area contributed by atoms with Crippen LogP contribution in [-0.4, -0.2) is 4.57 Å². The zero-order valence-corrected chi connectivity index (χ0v) is 24.3. The van der Waals surface area contributed by atoms with Crippen molar-refractivity contribution in [3.05, 3.63) is 120 Å². The van der Waals surface area contributed by atoms with Crippen molar-refractivity contribution in [1.29, 1.82) is 0 Å². The molecule has 1 aliphatic rings. The molecule has 3 heteroatoms. The molecule has 0 bridgehead atoms. The largest absolute Gasteiger partial charge is 0.455 e. The number of hydrogen-bond acceptors (Lipinski definition) is 1. The molecular formula is C39H35N2O+. The summed E-state index contributed by atoms with van der Waals surface area (Å²) in [6, 6.07) is 39.8. The first-order valence-electron chi connectivity index (χ1n) is 15.3. The number of para-hydroxylation sites is 3. The summed E-state index contributed by atoms with van der Waals surface area (Å²) < 4.78 is 11.3. The Bertz CT molecular complexity index is 2070. The zero-order valence-electron chi connectivity index (χ0n) is 24.3. The Morgan fingerprint density at radius 3 is 2.17 bits per heavy atom. The van der Waals surface area contributed by atoms with E-state index in [1.165, 1.54) is 65.4 Å². The Hall–Kier alpha value is -4.63. The third-order valence-electron chi connectivity index (χ3n) is 9.44. The first kappa shape index (κ1) is 25.1. The number of aryl methyl sites for hydroxylation is 2. The van der Waals surface area contributed by atoms with E-state index in [0.717, 1.165) is 44.9 Å². The van der Waals surface area contributed by atoms with Crippen LogP contribution in [0.5, 0.6) is 0 Å². The summed E-state index contributed by atoms with van der Waals surface area (Å²) in [5.41, 5.74) is 11.7. The lowest BCUT2D eigenvalue weighted by Crippen LogP contribution is -2.30. The molecule has 8 rings (SSSR count). The van der Waals surface area contributed by atoms with E-state index >= 15 is 0 Å². The lowest BCUT2D eigenvalue weighted by atomic mass is 9.84. The molecule has 2 heterocycles. The summed E-state index contributed by atoms with van der Waals surface area (Å²) in [5, 5.41) is 2.30. The molecule has 1 saturated carbocycles. The van der Waals surface area contributed by atoms with Gasteiger partial charge in [-0.05, 0) is 78.3 Å². The highest BCUT2D eigenvalue weighted by Crippen LogP contribution is 2.39. The number of rotatable bonds is 4. The maximum absolute atomic E-state index is 6.56. The van der Waals surface area contributed by atoms with Crippen LogP contribution in [0.15, 0.2) is 114 Å². The topological polar surface area (TPSA) is 21.9 Å². The second-order valence-electron chi connectivity index (χ2n) is 11.9. The summed E-state index contributed by atoms with van der Waals surface area (Å²) in [4.78, 5) is 0. The van der Waals surface area contributed by atoms with Crippen LogP contribution in [0.4, 0.5) is 0 Å². The second kappa shape index (κ2) is 10.0. The van der Waals surface area contributed by atoms with Crippen molar-refractivity contribution in [1.82, 2.24) is 4.57 Å².